The van der Waals surface area contributed by atoms with Gasteiger partial charge in [-0.3, -0.25) is 10.4 Å². The molecule has 7 heteroatoms. The zero-order valence-corrected chi connectivity index (χ0v) is 10.1. The highest BCUT2D eigenvalue weighted by Gasteiger charge is 2.28. The van der Waals surface area contributed by atoms with Crippen molar-refractivity contribution < 1.29 is 29.8 Å². The molecule has 1 aliphatic carbocycles. The maximum atomic E-state index is 13.2. The molecule has 0 radical (unpaired) electrons. The lowest BCUT2D eigenvalue weighted by Gasteiger charge is -2.30. The molecule has 0 spiro atoms. The van der Waals surface area contributed by atoms with Gasteiger partial charge < -0.3 is 14.9 Å². The summed E-state index contributed by atoms with van der Waals surface area (Å²) in [6.07, 6.45) is -1.02. The Morgan fingerprint density at radius 3 is 2.32 bits per heavy atom. The molecule has 106 valence electrons. The van der Waals surface area contributed by atoms with Crippen molar-refractivity contribution in [2.24, 2.45) is 0 Å². The first-order chi connectivity index (χ1) is 8.95. The lowest BCUT2D eigenvalue weighted by molar-refractivity contribution is -0.0172. The molecule has 1 aromatic carbocycles. The first-order valence-electron chi connectivity index (χ1n) is 5.96. The van der Waals surface area contributed by atoms with Gasteiger partial charge in [0.2, 0.25) is 0 Å². The van der Waals surface area contributed by atoms with Crippen LogP contribution >= 0.6 is 0 Å². The summed E-state index contributed by atoms with van der Waals surface area (Å²) < 4.78 is 18.6. The molecule has 0 bridgehead atoms. The van der Waals surface area contributed by atoms with Crippen LogP contribution in [0.1, 0.15) is 19.3 Å². The van der Waals surface area contributed by atoms with E-state index >= 15 is 0 Å². The molecule has 1 saturated carbocycles. The van der Waals surface area contributed by atoms with Crippen molar-refractivity contribution >= 4 is 5.69 Å². The number of halogens is 1. The maximum Gasteiger partial charge on any atom is 0.151 e. The first kappa shape index (κ1) is 14.0. The van der Waals surface area contributed by atoms with E-state index < -0.39 is 24.1 Å². The summed E-state index contributed by atoms with van der Waals surface area (Å²) in [5, 5.41) is 36.9. The third kappa shape index (κ3) is 3.54. The van der Waals surface area contributed by atoms with Crippen molar-refractivity contribution in [2.45, 2.75) is 37.6 Å². The van der Waals surface area contributed by atoms with E-state index in [1.807, 2.05) is 0 Å². The fraction of sp³-hybridized carbons (Fsp3) is 0.500. The Bertz CT molecular complexity index is 432. The third-order valence-corrected chi connectivity index (χ3v) is 3.05. The van der Waals surface area contributed by atoms with Crippen LogP contribution in [0.25, 0.3) is 0 Å². The Kier molecular flexibility index (Phi) is 4.20. The van der Waals surface area contributed by atoms with Gasteiger partial charge in [-0.2, -0.15) is 0 Å². The zero-order chi connectivity index (χ0) is 14.0. The molecule has 0 amide bonds. The molecular formula is C12H16FNO5. The highest BCUT2D eigenvalue weighted by molar-refractivity contribution is 5.55. The second-order valence-corrected chi connectivity index (χ2v) is 4.66. The number of hydrogen-bond donors (Lipinski definition) is 4. The van der Waals surface area contributed by atoms with Crippen LogP contribution < -0.4 is 9.96 Å². The van der Waals surface area contributed by atoms with Crippen molar-refractivity contribution in [1.29, 1.82) is 0 Å². The van der Waals surface area contributed by atoms with Gasteiger partial charge in [0, 0.05) is 18.9 Å². The molecule has 0 aliphatic heterocycles. The lowest BCUT2D eigenvalue weighted by atomic mass is 9.92. The van der Waals surface area contributed by atoms with Crippen LogP contribution in [0.5, 0.6) is 5.75 Å². The maximum absolute atomic E-state index is 13.2. The van der Waals surface area contributed by atoms with Crippen LogP contribution in [0.4, 0.5) is 10.1 Å². The van der Waals surface area contributed by atoms with E-state index in [0.717, 1.165) is 18.2 Å². The van der Waals surface area contributed by atoms with Gasteiger partial charge >= 0.3 is 0 Å². The molecule has 2 rings (SSSR count). The Hall–Kier alpha value is -1.41. The van der Waals surface area contributed by atoms with Crippen LogP contribution in [0.15, 0.2) is 18.2 Å². The van der Waals surface area contributed by atoms with Gasteiger partial charge in [0.05, 0.1) is 12.2 Å². The van der Waals surface area contributed by atoms with E-state index in [0.29, 0.717) is 12.8 Å². The normalized spacial score (nSPS) is 27.1. The molecule has 6 nitrogen and oxygen atoms in total. The Morgan fingerprint density at radius 1 is 1.11 bits per heavy atom. The number of benzene rings is 1. The lowest BCUT2D eigenvalue weighted by Crippen LogP contribution is -2.36. The van der Waals surface area contributed by atoms with E-state index in [2.05, 4.69) is 0 Å². The minimum absolute atomic E-state index is 0.0590. The summed E-state index contributed by atoms with van der Waals surface area (Å²) >= 11 is 0. The Balaban J connectivity index is 2.15. The Morgan fingerprint density at radius 2 is 1.74 bits per heavy atom. The number of ether oxygens (including phenoxy) is 1. The molecule has 0 aromatic heterocycles. The second-order valence-electron chi connectivity index (χ2n) is 4.66. The monoisotopic (exact) mass is 273 g/mol. The van der Waals surface area contributed by atoms with E-state index in [-0.39, 0.29) is 23.1 Å². The summed E-state index contributed by atoms with van der Waals surface area (Å²) in [6, 6.07) is 3.23. The molecule has 2 unspecified atom stereocenters. The van der Waals surface area contributed by atoms with E-state index in [4.69, 9.17) is 15.2 Å². The largest absolute Gasteiger partial charge is 0.488 e. The average molecular weight is 273 g/mol. The molecule has 19 heavy (non-hydrogen) atoms. The van der Waals surface area contributed by atoms with E-state index in [1.165, 1.54) is 0 Å². The molecule has 4 N–H and O–H groups in total. The molecule has 1 aromatic rings. The number of hydrogen-bond acceptors (Lipinski definition) is 6. The highest BCUT2D eigenvalue weighted by atomic mass is 19.1. The molecule has 0 heterocycles. The van der Waals surface area contributed by atoms with Crippen molar-refractivity contribution in [1.82, 2.24) is 0 Å². The van der Waals surface area contributed by atoms with Crippen LogP contribution in [0.2, 0.25) is 0 Å². The van der Waals surface area contributed by atoms with Crippen molar-refractivity contribution in [3.05, 3.63) is 24.0 Å². The predicted molar refractivity (Wildman–Crippen MR) is 62.7 cm³/mol. The van der Waals surface area contributed by atoms with Gasteiger partial charge in [-0.15, -0.1) is 5.23 Å². The smallest absolute Gasteiger partial charge is 0.151 e. The minimum atomic E-state index is -0.690. The fourth-order valence-corrected chi connectivity index (χ4v) is 2.23. The van der Waals surface area contributed by atoms with Crippen LogP contribution in [0, 0.1) is 5.82 Å². The molecule has 2 atom stereocenters. The van der Waals surface area contributed by atoms with Gasteiger partial charge in [0.1, 0.15) is 17.6 Å². The average Bonchev–Trinajstić information content (AvgIpc) is 2.26. The summed E-state index contributed by atoms with van der Waals surface area (Å²) in [5.41, 5.74) is -0.115. The summed E-state index contributed by atoms with van der Waals surface area (Å²) in [7, 11) is 0. The Labute approximate surface area is 109 Å². The number of anilines is 1. The minimum Gasteiger partial charge on any atom is -0.488 e. The number of nitrogens with zero attached hydrogens (tertiary/aromatic N) is 1. The van der Waals surface area contributed by atoms with E-state index in [1.54, 1.807) is 0 Å². The van der Waals surface area contributed by atoms with Gasteiger partial charge in [-0.05, 0) is 18.6 Å². The molecule has 1 aliphatic rings. The quantitative estimate of drug-likeness (QED) is 0.615. The molecular weight excluding hydrogens is 257 g/mol. The van der Waals surface area contributed by atoms with Gasteiger partial charge in [0.15, 0.2) is 5.75 Å². The first-order valence-corrected chi connectivity index (χ1v) is 5.96. The van der Waals surface area contributed by atoms with Gasteiger partial charge in [0.25, 0.3) is 0 Å². The number of aliphatic hydroxyl groups is 2. The van der Waals surface area contributed by atoms with Gasteiger partial charge in [-0.25, -0.2) is 4.39 Å². The topological polar surface area (TPSA) is 93.4 Å². The zero-order valence-electron chi connectivity index (χ0n) is 10.1. The van der Waals surface area contributed by atoms with Crippen LogP contribution in [-0.4, -0.2) is 38.9 Å². The fourth-order valence-electron chi connectivity index (χ4n) is 2.23. The van der Waals surface area contributed by atoms with Crippen molar-refractivity contribution in [3.63, 3.8) is 0 Å². The van der Waals surface area contributed by atoms with Crippen LogP contribution in [0.3, 0.4) is 0 Å². The van der Waals surface area contributed by atoms with Crippen LogP contribution in [-0.2, 0) is 0 Å². The molecule has 1 fully saturated rings. The highest BCUT2D eigenvalue weighted by Crippen LogP contribution is 2.31. The summed E-state index contributed by atoms with van der Waals surface area (Å²) in [4.78, 5) is 0. The van der Waals surface area contributed by atoms with E-state index in [9.17, 15) is 14.6 Å². The van der Waals surface area contributed by atoms with Crippen molar-refractivity contribution in [2.75, 3.05) is 5.23 Å². The summed E-state index contributed by atoms with van der Waals surface area (Å²) in [5.74, 6) is -0.645. The number of aliphatic hydroxyl groups excluding tert-OH is 2. The third-order valence-electron chi connectivity index (χ3n) is 3.05. The van der Waals surface area contributed by atoms with Gasteiger partial charge in [-0.1, -0.05) is 0 Å². The van der Waals surface area contributed by atoms with Crippen molar-refractivity contribution in [3.8, 4) is 5.75 Å². The SMILES string of the molecule is OC1CC(O)CC(Oc2cc(F)ccc2N(O)O)C1. The predicted octanol–water partition coefficient (Wildman–Crippen LogP) is 1.06. The standard InChI is InChI=1S/C12H16FNO5/c13-7-1-2-11(14(17)18)12(3-7)19-10-5-8(15)4-9(16)6-10/h1-3,8-10,15-18H,4-6H2. The number of rotatable bonds is 3. The second kappa shape index (κ2) is 5.70. The summed E-state index contributed by atoms with van der Waals surface area (Å²) in [6.45, 7) is 0. The molecule has 0 saturated heterocycles.